The summed E-state index contributed by atoms with van der Waals surface area (Å²) >= 11 is 0. The molecule has 8 nitrogen and oxygen atoms in total. The lowest BCUT2D eigenvalue weighted by Gasteiger charge is -2.16. The molecule has 0 radical (unpaired) electrons. The van der Waals surface area contributed by atoms with Crippen LogP contribution in [0.15, 0.2) is 53.4 Å². The zero-order valence-corrected chi connectivity index (χ0v) is 21.0. The van der Waals surface area contributed by atoms with E-state index in [1.54, 1.807) is 18.2 Å². The molecule has 3 aromatic carbocycles. The van der Waals surface area contributed by atoms with E-state index in [0.717, 1.165) is 18.2 Å². The average molecular weight is 540 g/mol. The summed E-state index contributed by atoms with van der Waals surface area (Å²) in [7, 11) is 1.09. The molecule has 3 rings (SSSR count). The van der Waals surface area contributed by atoms with Crippen molar-refractivity contribution in [2.75, 3.05) is 33.2 Å². The number of rotatable bonds is 9. The molecule has 0 aliphatic heterocycles. The Morgan fingerprint density at radius 2 is 1.46 bits per heavy atom. The van der Waals surface area contributed by atoms with Crippen molar-refractivity contribution in [3.63, 3.8) is 0 Å². The van der Waals surface area contributed by atoms with Gasteiger partial charge in [0.1, 0.15) is 5.69 Å². The normalized spacial score (nSPS) is 11.9. The molecule has 37 heavy (non-hydrogen) atoms. The summed E-state index contributed by atoms with van der Waals surface area (Å²) < 4.78 is 88.5. The summed E-state index contributed by atoms with van der Waals surface area (Å²) in [6.07, 6.45) is -1.66. The van der Waals surface area contributed by atoms with Crippen molar-refractivity contribution in [3.8, 4) is 28.7 Å². The Hall–Kier alpha value is -4.06. The zero-order chi connectivity index (χ0) is 27.4. The van der Waals surface area contributed by atoms with E-state index in [1.165, 1.54) is 46.6 Å². The van der Waals surface area contributed by atoms with Gasteiger partial charge < -0.3 is 24.1 Å². The molecule has 198 valence electrons. The van der Waals surface area contributed by atoms with Crippen molar-refractivity contribution in [2.45, 2.75) is 11.1 Å². The number of hydrogen-bond donors (Lipinski definition) is 2. The lowest BCUT2D eigenvalue weighted by Crippen LogP contribution is -2.15. The van der Waals surface area contributed by atoms with Gasteiger partial charge in [-0.2, -0.15) is 13.2 Å². The van der Waals surface area contributed by atoms with Crippen molar-refractivity contribution in [1.29, 1.82) is 0 Å². The minimum Gasteiger partial charge on any atom is -0.503 e. The standard InChI is InChI=1S/C25H24F3NO7S/c1-33-19-11-10-16(9-8-15-12-20(34-2)24(36-4)21(13-15)35-3)22(23(19)30)29-37(31,32)18-7-5-6-17(14-18)25(26,27)28/h5-14,29-30H,1-4H3. The van der Waals surface area contributed by atoms with E-state index >= 15 is 0 Å². The van der Waals surface area contributed by atoms with Gasteiger partial charge in [0.15, 0.2) is 23.0 Å². The molecule has 0 heterocycles. The Bertz CT molecular complexity index is 1400. The molecule has 0 saturated heterocycles. The van der Waals surface area contributed by atoms with Crippen LogP contribution in [0.3, 0.4) is 0 Å². The van der Waals surface area contributed by atoms with Gasteiger partial charge in [-0.15, -0.1) is 0 Å². The molecule has 0 fully saturated rings. The number of sulfonamides is 1. The number of phenolic OH excluding ortho intramolecular Hbond substituents is 1. The highest BCUT2D eigenvalue weighted by molar-refractivity contribution is 7.92. The topological polar surface area (TPSA) is 103 Å². The van der Waals surface area contributed by atoms with Crippen molar-refractivity contribution < 1.29 is 45.6 Å². The highest BCUT2D eigenvalue weighted by atomic mass is 32.2. The SMILES string of the molecule is COc1ccc(C=Cc2cc(OC)c(OC)c(OC)c2)c(NS(=O)(=O)c2cccc(C(F)(F)F)c2)c1O. The van der Waals surface area contributed by atoms with Crippen LogP contribution in [-0.4, -0.2) is 42.0 Å². The van der Waals surface area contributed by atoms with Gasteiger partial charge in [0.05, 0.1) is 38.9 Å². The summed E-state index contributed by atoms with van der Waals surface area (Å²) in [5, 5.41) is 10.7. The number of nitrogens with one attached hydrogen (secondary N) is 1. The number of anilines is 1. The third kappa shape index (κ3) is 6.02. The van der Waals surface area contributed by atoms with Crippen LogP contribution >= 0.6 is 0 Å². The van der Waals surface area contributed by atoms with E-state index in [1.807, 2.05) is 0 Å². The zero-order valence-electron chi connectivity index (χ0n) is 20.2. The van der Waals surface area contributed by atoms with Gasteiger partial charge >= 0.3 is 6.18 Å². The van der Waals surface area contributed by atoms with Crippen LogP contribution < -0.4 is 23.7 Å². The predicted molar refractivity (Wildman–Crippen MR) is 132 cm³/mol. The van der Waals surface area contributed by atoms with Crippen molar-refractivity contribution in [3.05, 3.63) is 65.2 Å². The molecule has 2 N–H and O–H groups in total. The van der Waals surface area contributed by atoms with Gasteiger partial charge in [-0.1, -0.05) is 18.2 Å². The van der Waals surface area contributed by atoms with Crippen molar-refractivity contribution in [2.24, 2.45) is 0 Å². The summed E-state index contributed by atoms with van der Waals surface area (Å²) in [5.74, 6) is 0.532. The predicted octanol–water partition coefficient (Wildman–Crippen LogP) is 5.42. The maximum Gasteiger partial charge on any atom is 0.416 e. The number of methoxy groups -OCH3 is 4. The van der Waals surface area contributed by atoms with Gasteiger partial charge in [-0.3, -0.25) is 4.72 Å². The third-order valence-corrected chi connectivity index (χ3v) is 6.59. The second kappa shape index (κ2) is 10.9. The molecule has 0 aromatic heterocycles. The summed E-state index contributed by atoms with van der Waals surface area (Å²) in [6, 6.07) is 9.43. The number of ether oxygens (including phenoxy) is 4. The minimum absolute atomic E-state index is 0.0494. The molecule has 0 aliphatic rings. The fourth-order valence-electron chi connectivity index (χ4n) is 3.41. The summed E-state index contributed by atoms with van der Waals surface area (Å²) in [5.41, 5.74) is -0.646. The van der Waals surface area contributed by atoms with E-state index in [0.29, 0.717) is 28.9 Å². The molecular formula is C25H24F3NO7S. The van der Waals surface area contributed by atoms with Crippen LogP contribution in [0, 0.1) is 0 Å². The van der Waals surface area contributed by atoms with Gasteiger partial charge in [0.25, 0.3) is 10.0 Å². The lowest BCUT2D eigenvalue weighted by atomic mass is 10.1. The second-order valence-electron chi connectivity index (χ2n) is 7.50. The second-order valence-corrected chi connectivity index (χ2v) is 9.19. The quantitative estimate of drug-likeness (QED) is 0.277. The van der Waals surface area contributed by atoms with Crippen molar-refractivity contribution >= 4 is 27.9 Å². The highest BCUT2D eigenvalue weighted by Gasteiger charge is 2.32. The van der Waals surface area contributed by atoms with Crippen LogP contribution in [0.1, 0.15) is 16.7 Å². The smallest absolute Gasteiger partial charge is 0.416 e. The monoisotopic (exact) mass is 539 g/mol. The molecule has 0 saturated carbocycles. The minimum atomic E-state index is -4.74. The molecule has 0 unspecified atom stereocenters. The van der Waals surface area contributed by atoms with Gasteiger partial charge in [-0.05, 0) is 48.0 Å². The van der Waals surface area contributed by atoms with Crippen LogP contribution in [0.4, 0.5) is 18.9 Å². The molecule has 0 atom stereocenters. The maximum atomic E-state index is 13.1. The first kappa shape index (κ1) is 27.5. The molecule has 3 aromatic rings. The van der Waals surface area contributed by atoms with Gasteiger partial charge in [0, 0.05) is 5.56 Å². The fraction of sp³-hybridized carbons (Fsp3) is 0.200. The maximum absolute atomic E-state index is 13.1. The Kier molecular flexibility index (Phi) is 8.12. The Labute approximate surface area is 211 Å². The first-order valence-corrected chi connectivity index (χ1v) is 12.0. The highest BCUT2D eigenvalue weighted by Crippen LogP contribution is 2.41. The number of halogens is 3. The largest absolute Gasteiger partial charge is 0.503 e. The van der Waals surface area contributed by atoms with E-state index in [-0.39, 0.29) is 17.0 Å². The van der Waals surface area contributed by atoms with Crippen molar-refractivity contribution in [1.82, 2.24) is 0 Å². The Morgan fingerprint density at radius 3 is 2.00 bits per heavy atom. The molecule has 0 bridgehead atoms. The molecule has 0 aliphatic carbocycles. The van der Waals surface area contributed by atoms with Gasteiger partial charge in [0.2, 0.25) is 5.75 Å². The van der Waals surface area contributed by atoms with Crippen LogP contribution in [0.5, 0.6) is 28.7 Å². The van der Waals surface area contributed by atoms with E-state index in [2.05, 4.69) is 4.72 Å². The molecule has 0 spiro atoms. The molecule has 0 amide bonds. The van der Waals surface area contributed by atoms with Crippen LogP contribution in [-0.2, 0) is 16.2 Å². The fourth-order valence-corrected chi connectivity index (χ4v) is 4.56. The van der Waals surface area contributed by atoms with Crippen LogP contribution in [0.2, 0.25) is 0 Å². The first-order chi connectivity index (χ1) is 17.4. The summed E-state index contributed by atoms with van der Waals surface area (Å²) in [6.45, 7) is 0. The number of hydrogen-bond acceptors (Lipinski definition) is 7. The first-order valence-electron chi connectivity index (χ1n) is 10.5. The molecule has 12 heteroatoms. The average Bonchev–Trinajstić information content (AvgIpc) is 2.87. The number of alkyl halides is 3. The van der Waals surface area contributed by atoms with E-state index in [9.17, 15) is 26.7 Å². The number of phenols is 1. The van der Waals surface area contributed by atoms with E-state index in [4.69, 9.17) is 18.9 Å². The summed E-state index contributed by atoms with van der Waals surface area (Å²) in [4.78, 5) is -0.635. The van der Waals surface area contributed by atoms with Crippen LogP contribution in [0.25, 0.3) is 12.2 Å². The third-order valence-electron chi connectivity index (χ3n) is 5.24. The molecular weight excluding hydrogens is 515 g/mol. The lowest BCUT2D eigenvalue weighted by molar-refractivity contribution is -0.137. The van der Waals surface area contributed by atoms with Gasteiger partial charge in [-0.25, -0.2) is 8.42 Å². The Balaban J connectivity index is 2.07. The number of benzene rings is 3. The van der Waals surface area contributed by atoms with E-state index < -0.39 is 32.4 Å². The Morgan fingerprint density at radius 1 is 0.838 bits per heavy atom. The number of aromatic hydroxyl groups is 1.